The Bertz CT molecular complexity index is 294. The summed E-state index contributed by atoms with van der Waals surface area (Å²) in [5, 5.41) is 0. The SMILES string of the molecule is CCc1ccc2c(c1)OC(C)O2. The van der Waals surface area contributed by atoms with Crippen molar-refractivity contribution < 1.29 is 9.47 Å². The maximum Gasteiger partial charge on any atom is 0.238 e. The Morgan fingerprint density at radius 3 is 2.75 bits per heavy atom. The van der Waals surface area contributed by atoms with Crippen molar-refractivity contribution in [1.29, 1.82) is 0 Å². The fourth-order valence-corrected chi connectivity index (χ4v) is 1.34. The molecule has 1 aromatic carbocycles. The second-order valence-electron chi connectivity index (χ2n) is 2.94. The van der Waals surface area contributed by atoms with Crippen LogP contribution < -0.4 is 9.47 Å². The Labute approximate surface area is 72.1 Å². The van der Waals surface area contributed by atoms with Crippen molar-refractivity contribution in [3.63, 3.8) is 0 Å². The van der Waals surface area contributed by atoms with Crippen LogP contribution in [0.5, 0.6) is 11.5 Å². The van der Waals surface area contributed by atoms with Crippen molar-refractivity contribution in [3.05, 3.63) is 23.8 Å². The van der Waals surface area contributed by atoms with Crippen molar-refractivity contribution in [2.75, 3.05) is 0 Å². The highest BCUT2D eigenvalue weighted by atomic mass is 16.7. The first-order chi connectivity index (χ1) is 5.79. The first-order valence-corrected chi connectivity index (χ1v) is 4.26. The van der Waals surface area contributed by atoms with E-state index in [1.807, 2.05) is 19.1 Å². The Hall–Kier alpha value is -1.18. The van der Waals surface area contributed by atoms with Crippen LogP contribution >= 0.6 is 0 Å². The third kappa shape index (κ3) is 1.13. The molecule has 0 fully saturated rings. The lowest BCUT2D eigenvalue weighted by Crippen LogP contribution is -2.11. The average Bonchev–Trinajstić information content (AvgIpc) is 2.43. The zero-order valence-electron chi connectivity index (χ0n) is 7.33. The lowest BCUT2D eigenvalue weighted by atomic mass is 10.1. The average molecular weight is 164 g/mol. The van der Waals surface area contributed by atoms with Crippen LogP contribution in [-0.2, 0) is 6.42 Å². The third-order valence-corrected chi connectivity index (χ3v) is 2.00. The molecule has 0 saturated carbocycles. The molecule has 1 heterocycles. The largest absolute Gasteiger partial charge is 0.451 e. The van der Waals surface area contributed by atoms with Gasteiger partial charge in [-0.05, 0) is 24.1 Å². The van der Waals surface area contributed by atoms with E-state index in [0.29, 0.717) is 0 Å². The zero-order chi connectivity index (χ0) is 8.55. The number of hydrogen-bond acceptors (Lipinski definition) is 2. The van der Waals surface area contributed by atoms with Crippen molar-refractivity contribution >= 4 is 0 Å². The van der Waals surface area contributed by atoms with E-state index in [-0.39, 0.29) is 6.29 Å². The molecule has 1 aliphatic rings. The number of fused-ring (bicyclic) bond motifs is 1. The summed E-state index contributed by atoms with van der Waals surface area (Å²) >= 11 is 0. The lowest BCUT2D eigenvalue weighted by molar-refractivity contribution is 0.0678. The van der Waals surface area contributed by atoms with Crippen LogP contribution in [0.1, 0.15) is 19.4 Å². The molecule has 0 spiro atoms. The molecule has 0 aromatic heterocycles. The quantitative estimate of drug-likeness (QED) is 0.634. The topological polar surface area (TPSA) is 18.5 Å². The van der Waals surface area contributed by atoms with Crippen LogP contribution in [0.15, 0.2) is 18.2 Å². The molecule has 2 nitrogen and oxygen atoms in total. The smallest absolute Gasteiger partial charge is 0.238 e. The van der Waals surface area contributed by atoms with Gasteiger partial charge in [0.1, 0.15) is 0 Å². The van der Waals surface area contributed by atoms with Gasteiger partial charge in [-0.2, -0.15) is 0 Å². The molecule has 1 aromatic rings. The molecule has 1 unspecified atom stereocenters. The van der Waals surface area contributed by atoms with E-state index in [4.69, 9.17) is 9.47 Å². The fourth-order valence-electron chi connectivity index (χ4n) is 1.34. The summed E-state index contributed by atoms with van der Waals surface area (Å²) in [6.45, 7) is 4.02. The standard InChI is InChI=1S/C10H12O2/c1-3-8-4-5-9-10(6-8)12-7(2)11-9/h4-7H,3H2,1-2H3. The fraction of sp³-hybridized carbons (Fsp3) is 0.400. The van der Waals surface area contributed by atoms with Gasteiger partial charge in [0.15, 0.2) is 11.5 Å². The summed E-state index contributed by atoms with van der Waals surface area (Å²) in [5.74, 6) is 1.74. The number of rotatable bonds is 1. The van der Waals surface area contributed by atoms with E-state index in [2.05, 4.69) is 13.0 Å². The highest BCUT2D eigenvalue weighted by Crippen LogP contribution is 2.35. The van der Waals surface area contributed by atoms with Crippen LogP contribution in [0, 0.1) is 0 Å². The van der Waals surface area contributed by atoms with Gasteiger partial charge in [-0.25, -0.2) is 0 Å². The molecule has 2 heteroatoms. The molecule has 64 valence electrons. The minimum Gasteiger partial charge on any atom is -0.451 e. The summed E-state index contributed by atoms with van der Waals surface area (Å²) in [7, 11) is 0. The molecule has 0 bridgehead atoms. The van der Waals surface area contributed by atoms with Gasteiger partial charge in [-0.1, -0.05) is 13.0 Å². The van der Waals surface area contributed by atoms with E-state index in [0.717, 1.165) is 17.9 Å². The predicted molar refractivity (Wildman–Crippen MR) is 46.5 cm³/mol. The minimum absolute atomic E-state index is 0.132. The van der Waals surface area contributed by atoms with E-state index < -0.39 is 0 Å². The first kappa shape index (κ1) is 7.47. The molecule has 0 amide bonds. The van der Waals surface area contributed by atoms with Gasteiger partial charge in [0.2, 0.25) is 6.29 Å². The lowest BCUT2D eigenvalue weighted by Gasteiger charge is -1.99. The number of benzene rings is 1. The molecule has 1 aliphatic heterocycles. The molecular formula is C10H12O2. The maximum absolute atomic E-state index is 5.43. The van der Waals surface area contributed by atoms with Gasteiger partial charge in [0.25, 0.3) is 0 Å². The second kappa shape index (κ2) is 2.70. The van der Waals surface area contributed by atoms with Crippen molar-refractivity contribution in [2.45, 2.75) is 26.6 Å². The highest BCUT2D eigenvalue weighted by molar-refractivity contribution is 5.44. The number of hydrogen-bond donors (Lipinski definition) is 0. The highest BCUT2D eigenvalue weighted by Gasteiger charge is 2.19. The van der Waals surface area contributed by atoms with Gasteiger partial charge in [0.05, 0.1) is 0 Å². The molecule has 0 N–H and O–H groups in total. The van der Waals surface area contributed by atoms with Gasteiger partial charge in [-0.3, -0.25) is 0 Å². The first-order valence-electron chi connectivity index (χ1n) is 4.26. The Morgan fingerprint density at radius 2 is 2.00 bits per heavy atom. The van der Waals surface area contributed by atoms with Crippen molar-refractivity contribution in [3.8, 4) is 11.5 Å². The van der Waals surface area contributed by atoms with Crippen LogP contribution in [0.3, 0.4) is 0 Å². The minimum atomic E-state index is -0.132. The Kier molecular flexibility index (Phi) is 1.68. The second-order valence-corrected chi connectivity index (χ2v) is 2.94. The van der Waals surface area contributed by atoms with E-state index in [9.17, 15) is 0 Å². The van der Waals surface area contributed by atoms with Gasteiger partial charge >= 0.3 is 0 Å². The molecule has 2 rings (SSSR count). The van der Waals surface area contributed by atoms with Crippen LogP contribution in [0.2, 0.25) is 0 Å². The van der Waals surface area contributed by atoms with Crippen LogP contribution in [-0.4, -0.2) is 6.29 Å². The van der Waals surface area contributed by atoms with Crippen molar-refractivity contribution in [2.24, 2.45) is 0 Å². The molecule has 0 saturated heterocycles. The normalized spacial score (nSPS) is 19.7. The molecule has 12 heavy (non-hydrogen) atoms. The zero-order valence-corrected chi connectivity index (χ0v) is 7.33. The molecule has 0 aliphatic carbocycles. The summed E-state index contributed by atoms with van der Waals surface area (Å²) < 4.78 is 10.8. The van der Waals surface area contributed by atoms with Crippen LogP contribution in [0.4, 0.5) is 0 Å². The van der Waals surface area contributed by atoms with Crippen LogP contribution in [0.25, 0.3) is 0 Å². The summed E-state index contributed by atoms with van der Waals surface area (Å²) in [4.78, 5) is 0. The van der Waals surface area contributed by atoms with E-state index in [1.165, 1.54) is 5.56 Å². The molecule has 1 atom stereocenters. The summed E-state index contributed by atoms with van der Waals surface area (Å²) in [6, 6.07) is 6.08. The molecule has 0 radical (unpaired) electrons. The summed E-state index contributed by atoms with van der Waals surface area (Å²) in [6.07, 6.45) is 0.900. The Balaban J connectivity index is 2.35. The predicted octanol–water partition coefficient (Wildman–Crippen LogP) is 2.37. The van der Waals surface area contributed by atoms with Gasteiger partial charge < -0.3 is 9.47 Å². The molecular weight excluding hydrogens is 152 g/mol. The monoisotopic (exact) mass is 164 g/mol. The van der Waals surface area contributed by atoms with E-state index in [1.54, 1.807) is 0 Å². The van der Waals surface area contributed by atoms with Gasteiger partial charge in [0, 0.05) is 6.92 Å². The third-order valence-electron chi connectivity index (χ3n) is 2.00. The Morgan fingerprint density at radius 1 is 1.25 bits per heavy atom. The summed E-state index contributed by atoms with van der Waals surface area (Å²) in [5.41, 5.74) is 1.28. The maximum atomic E-state index is 5.43. The number of ether oxygens (including phenoxy) is 2. The van der Waals surface area contributed by atoms with E-state index >= 15 is 0 Å². The number of aryl methyl sites for hydroxylation is 1. The van der Waals surface area contributed by atoms with Crippen molar-refractivity contribution in [1.82, 2.24) is 0 Å². The van der Waals surface area contributed by atoms with Gasteiger partial charge in [-0.15, -0.1) is 0 Å².